The Morgan fingerprint density at radius 1 is 1.26 bits per heavy atom. The summed E-state index contributed by atoms with van der Waals surface area (Å²) in [6, 6.07) is 7.22. The van der Waals surface area contributed by atoms with Crippen molar-refractivity contribution in [3.8, 4) is 17.2 Å². The fourth-order valence-corrected chi connectivity index (χ4v) is 6.21. The lowest BCUT2D eigenvalue weighted by Crippen LogP contribution is -2.19. The summed E-state index contributed by atoms with van der Waals surface area (Å²) in [4.78, 5) is -0.0370. The fourth-order valence-electron chi connectivity index (χ4n) is 4.88. The SMILES string of the molecule is COc1ccc2c(c1S(=O)(=O)Nc1noc3cc(Cn4cccn4)c(C)c(OC)c13)OCC1CC21. The molecule has 6 rings (SSSR count). The highest BCUT2D eigenvalue weighted by molar-refractivity contribution is 7.93. The van der Waals surface area contributed by atoms with Crippen molar-refractivity contribution in [2.24, 2.45) is 5.92 Å². The monoisotopic (exact) mass is 496 g/mol. The van der Waals surface area contributed by atoms with Gasteiger partial charge in [0.25, 0.3) is 10.0 Å². The van der Waals surface area contributed by atoms with Crippen LogP contribution in [0.4, 0.5) is 5.82 Å². The third-order valence-corrected chi connectivity index (χ3v) is 8.14. The van der Waals surface area contributed by atoms with Gasteiger partial charge in [0.1, 0.15) is 22.6 Å². The Morgan fingerprint density at radius 2 is 2.11 bits per heavy atom. The first-order valence-corrected chi connectivity index (χ1v) is 12.7. The zero-order valence-electron chi connectivity index (χ0n) is 19.4. The van der Waals surface area contributed by atoms with E-state index in [2.05, 4.69) is 15.0 Å². The van der Waals surface area contributed by atoms with E-state index in [0.717, 1.165) is 23.1 Å². The van der Waals surface area contributed by atoms with E-state index < -0.39 is 10.0 Å². The quantitative estimate of drug-likeness (QED) is 0.412. The molecule has 2 atom stereocenters. The Labute approximate surface area is 201 Å². The molecule has 4 aromatic rings. The first kappa shape index (κ1) is 21.8. The maximum Gasteiger partial charge on any atom is 0.270 e. The number of sulfonamides is 1. The van der Waals surface area contributed by atoms with Crippen molar-refractivity contribution in [1.29, 1.82) is 0 Å². The summed E-state index contributed by atoms with van der Waals surface area (Å²) < 4.78 is 54.2. The molecule has 35 heavy (non-hydrogen) atoms. The highest BCUT2D eigenvalue weighted by atomic mass is 32.2. The molecule has 11 heteroatoms. The Balaban J connectivity index is 1.43. The third kappa shape index (κ3) is 3.49. The van der Waals surface area contributed by atoms with Gasteiger partial charge in [-0.3, -0.25) is 9.40 Å². The van der Waals surface area contributed by atoms with E-state index in [4.69, 9.17) is 18.7 Å². The minimum absolute atomic E-state index is 0.0327. The van der Waals surface area contributed by atoms with Gasteiger partial charge in [-0.25, -0.2) is 8.42 Å². The van der Waals surface area contributed by atoms with Gasteiger partial charge in [0.2, 0.25) is 0 Å². The maximum atomic E-state index is 13.7. The molecule has 0 spiro atoms. The molecule has 0 amide bonds. The fraction of sp³-hybridized carbons (Fsp3) is 0.333. The predicted octanol–water partition coefficient (Wildman–Crippen LogP) is 3.69. The van der Waals surface area contributed by atoms with Gasteiger partial charge in [0.15, 0.2) is 16.3 Å². The van der Waals surface area contributed by atoms with Crippen LogP contribution in [-0.4, -0.2) is 44.2 Å². The number of benzene rings is 2. The van der Waals surface area contributed by atoms with Gasteiger partial charge < -0.3 is 18.7 Å². The highest BCUT2D eigenvalue weighted by Gasteiger charge is 2.46. The van der Waals surface area contributed by atoms with Crippen LogP contribution in [-0.2, 0) is 16.6 Å². The Hall–Kier alpha value is -3.73. The van der Waals surface area contributed by atoms with Gasteiger partial charge in [0, 0.05) is 18.3 Å². The molecule has 182 valence electrons. The number of hydrogen-bond acceptors (Lipinski definition) is 8. The van der Waals surface area contributed by atoms with E-state index in [1.165, 1.54) is 14.2 Å². The number of anilines is 1. The molecule has 1 fully saturated rings. The average Bonchev–Trinajstić information content (AvgIpc) is 3.30. The molecular weight excluding hydrogens is 472 g/mol. The number of nitrogens with zero attached hydrogens (tertiary/aromatic N) is 3. The minimum Gasteiger partial charge on any atom is -0.496 e. The number of fused-ring (bicyclic) bond motifs is 4. The second kappa shape index (κ2) is 7.91. The summed E-state index contributed by atoms with van der Waals surface area (Å²) in [5.74, 6) is 1.82. The standard InChI is InChI=1S/C24H24N4O6S/c1-13-14(11-28-8-4-7-25-28)10-19-20(21(13)32-3)24(26-34-19)27-35(29,30)23-18(31-2)6-5-16-17-9-15(17)12-33-22(16)23/h4-8,10,15,17H,9,11-12H2,1-3H3,(H,26,27). The van der Waals surface area contributed by atoms with E-state index >= 15 is 0 Å². The first-order valence-electron chi connectivity index (χ1n) is 11.2. The molecule has 2 aromatic carbocycles. The number of hydrogen-bond donors (Lipinski definition) is 1. The van der Waals surface area contributed by atoms with Gasteiger partial charge in [0.05, 0.1) is 27.4 Å². The summed E-state index contributed by atoms with van der Waals surface area (Å²) in [5.41, 5.74) is 3.03. The van der Waals surface area contributed by atoms with Crippen LogP contribution in [0.25, 0.3) is 11.0 Å². The minimum atomic E-state index is -4.14. The van der Waals surface area contributed by atoms with Crippen molar-refractivity contribution >= 4 is 26.8 Å². The van der Waals surface area contributed by atoms with Crippen molar-refractivity contribution < 1.29 is 27.2 Å². The van der Waals surface area contributed by atoms with Crippen molar-refractivity contribution in [2.75, 3.05) is 25.5 Å². The van der Waals surface area contributed by atoms with Crippen LogP contribution in [0.1, 0.15) is 29.0 Å². The number of nitrogens with one attached hydrogen (secondary N) is 1. The van der Waals surface area contributed by atoms with Gasteiger partial charge in [-0.05, 0) is 54.2 Å². The summed E-state index contributed by atoms with van der Waals surface area (Å²) in [6.07, 6.45) is 4.56. The number of rotatable bonds is 7. The smallest absolute Gasteiger partial charge is 0.270 e. The molecule has 3 heterocycles. The summed E-state index contributed by atoms with van der Waals surface area (Å²) >= 11 is 0. The Kier molecular flexibility index (Phi) is 4.92. The summed E-state index contributed by atoms with van der Waals surface area (Å²) in [7, 11) is -1.18. The Bertz CT molecular complexity index is 1540. The van der Waals surface area contributed by atoms with Crippen molar-refractivity contribution in [3.63, 3.8) is 0 Å². The Morgan fingerprint density at radius 3 is 2.86 bits per heavy atom. The van der Waals surface area contributed by atoms with E-state index in [1.807, 2.05) is 31.3 Å². The van der Waals surface area contributed by atoms with Crippen LogP contribution in [0.15, 0.2) is 46.1 Å². The van der Waals surface area contributed by atoms with Gasteiger partial charge >= 0.3 is 0 Å². The molecule has 0 radical (unpaired) electrons. The second-order valence-corrected chi connectivity index (χ2v) is 10.5. The van der Waals surface area contributed by atoms with Gasteiger partial charge in [-0.2, -0.15) is 5.10 Å². The van der Waals surface area contributed by atoms with Crippen LogP contribution in [0.3, 0.4) is 0 Å². The highest BCUT2D eigenvalue weighted by Crippen LogP contribution is 2.56. The molecule has 1 N–H and O–H groups in total. The van der Waals surface area contributed by atoms with E-state index in [1.54, 1.807) is 16.9 Å². The molecule has 0 saturated heterocycles. The van der Waals surface area contributed by atoms with Crippen LogP contribution in [0, 0.1) is 12.8 Å². The molecule has 1 aliphatic heterocycles. The molecule has 2 unspecified atom stereocenters. The molecule has 2 aromatic heterocycles. The van der Waals surface area contributed by atoms with Crippen LogP contribution in [0.2, 0.25) is 0 Å². The number of ether oxygens (including phenoxy) is 3. The molecule has 10 nitrogen and oxygen atoms in total. The lowest BCUT2D eigenvalue weighted by molar-refractivity contribution is 0.267. The second-order valence-electron chi connectivity index (χ2n) is 8.84. The predicted molar refractivity (Wildman–Crippen MR) is 127 cm³/mol. The largest absolute Gasteiger partial charge is 0.496 e. The van der Waals surface area contributed by atoms with Crippen molar-refractivity contribution in [1.82, 2.24) is 14.9 Å². The van der Waals surface area contributed by atoms with E-state index in [-0.39, 0.29) is 16.5 Å². The molecule has 1 saturated carbocycles. The van der Waals surface area contributed by atoms with Crippen LogP contribution < -0.4 is 18.9 Å². The third-order valence-electron chi connectivity index (χ3n) is 6.76. The molecular formula is C24H24N4O6S. The number of methoxy groups -OCH3 is 2. The topological polar surface area (TPSA) is 118 Å². The van der Waals surface area contributed by atoms with Crippen molar-refractivity contribution in [2.45, 2.75) is 30.7 Å². The lowest BCUT2D eigenvalue weighted by atomic mass is 10.0. The molecule has 1 aliphatic carbocycles. The normalized spacial score (nSPS) is 18.5. The molecule has 0 bridgehead atoms. The molecule has 2 aliphatic rings. The van der Waals surface area contributed by atoms with Gasteiger partial charge in [-0.1, -0.05) is 11.2 Å². The average molecular weight is 497 g/mol. The van der Waals surface area contributed by atoms with Crippen LogP contribution >= 0.6 is 0 Å². The number of aromatic nitrogens is 3. The van der Waals surface area contributed by atoms with Crippen molar-refractivity contribution in [3.05, 3.63) is 53.3 Å². The summed E-state index contributed by atoms with van der Waals surface area (Å²) in [5, 5.41) is 8.72. The van der Waals surface area contributed by atoms with Crippen LogP contribution in [0.5, 0.6) is 17.2 Å². The lowest BCUT2D eigenvalue weighted by Gasteiger charge is -2.22. The van der Waals surface area contributed by atoms with E-state index in [0.29, 0.717) is 47.5 Å². The zero-order valence-corrected chi connectivity index (χ0v) is 20.3. The maximum absolute atomic E-state index is 13.7. The first-order chi connectivity index (χ1) is 16.9. The zero-order chi connectivity index (χ0) is 24.3. The van der Waals surface area contributed by atoms with E-state index in [9.17, 15) is 8.42 Å². The summed E-state index contributed by atoms with van der Waals surface area (Å²) in [6.45, 7) is 2.89. The van der Waals surface area contributed by atoms with Gasteiger partial charge in [-0.15, -0.1) is 0 Å².